The maximum Gasteiger partial charge on any atom is 0.271 e. The van der Waals surface area contributed by atoms with Crippen LogP contribution in [0.1, 0.15) is 54.2 Å². The molecule has 0 atom stereocenters. The van der Waals surface area contributed by atoms with E-state index in [2.05, 4.69) is 10.6 Å². The van der Waals surface area contributed by atoms with Crippen molar-refractivity contribution in [3.05, 3.63) is 53.3 Å². The number of ether oxygens (including phenoxy) is 1. The number of aromatic nitrogens is 2. The largest absolute Gasteiger partial charge is 0.488 e. The van der Waals surface area contributed by atoms with Crippen LogP contribution in [0.15, 0.2) is 36.4 Å². The molecule has 0 bridgehead atoms. The number of hydrogen-bond donors (Lipinski definition) is 2. The summed E-state index contributed by atoms with van der Waals surface area (Å²) < 4.78 is 7.78. The number of fused-ring (bicyclic) bond motifs is 1. The number of rotatable bonds is 7. The summed E-state index contributed by atoms with van der Waals surface area (Å²) in [6.07, 6.45) is 0.500. The number of pyridine rings is 1. The highest BCUT2D eigenvalue weighted by atomic mass is 16.5. The molecule has 0 spiro atoms. The van der Waals surface area contributed by atoms with Crippen molar-refractivity contribution < 1.29 is 14.3 Å². The zero-order valence-corrected chi connectivity index (χ0v) is 18.1. The predicted octanol–water partition coefficient (Wildman–Crippen LogP) is 3.92. The molecule has 1 aromatic carbocycles. The first-order valence-electron chi connectivity index (χ1n) is 10.2. The molecule has 2 aromatic heterocycles. The number of hydrogen-bond acceptors (Lipinski definition) is 4. The Morgan fingerprint density at radius 3 is 2.43 bits per heavy atom. The topological polar surface area (TPSA) is 85.2 Å². The molecule has 0 aliphatic rings. The Hall–Kier alpha value is -3.35. The zero-order chi connectivity index (χ0) is 21.8. The van der Waals surface area contributed by atoms with Crippen LogP contribution < -0.4 is 15.4 Å². The van der Waals surface area contributed by atoms with Crippen molar-refractivity contribution >= 4 is 28.5 Å². The van der Waals surface area contributed by atoms with Crippen LogP contribution in [0, 0.1) is 0 Å². The molecule has 30 heavy (non-hydrogen) atoms. The highest BCUT2D eigenvalue weighted by Crippen LogP contribution is 2.35. The number of carbonyl (C=O) groups is 2. The Labute approximate surface area is 176 Å². The fourth-order valence-corrected chi connectivity index (χ4v) is 3.37. The SMILES string of the molecule is CCNC(=O)c1c(OC(C)C)c2cc(NC(=O)c3ccccc3)c(CC)nc2n1C. The standard InChI is InChI=1S/C23H28N4O3/c1-6-17-18(26-22(28)15-11-9-8-10-12-15)13-16-20(30-14(3)4)19(23(29)24-7-2)27(5)21(16)25-17/h8-14H,6-7H2,1-5H3,(H,24,29)(H,26,28). The van der Waals surface area contributed by atoms with Gasteiger partial charge in [0.05, 0.1) is 22.9 Å². The molecule has 7 heteroatoms. The Morgan fingerprint density at radius 2 is 1.83 bits per heavy atom. The summed E-state index contributed by atoms with van der Waals surface area (Å²) in [6, 6.07) is 10.9. The zero-order valence-electron chi connectivity index (χ0n) is 18.1. The molecule has 2 heterocycles. The third kappa shape index (κ3) is 4.15. The van der Waals surface area contributed by atoms with E-state index in [4.69, 9.17) is 9.72 Å². The first kappa shape index (κ1) is 21.4. The lowest BCUT2D eigenvalue weighted by molar-refractivity contribution is 0.0941. The summed E-state index contributed by atoms with van der Waals surface area (Å²) in [4.78, 5) is 30.2. The number of anilines is 1. The van der Waals surface area contributed by atoms with E-state index in [1.54, 1.807) is 23.7 Å². The lowest BCUT2D eigenvalue weighted by Gasteiger charge is -2.13. The molecule has 2 amide bonds. The summed E-state index contributed by atoms with van der Waals surface area (Å²) in [5.41, 5.74) is 2.98. The van der Waals surface area contributed by atoms with Crippen molar-refractivity contribution in [2.75, 3.05) is 11.9 Å². The summed E-state index contributed by atoms with van der Waals surface area (Å²) in [5, 5.41) is 6.49. The van der Waals surface area contributed by atoms with Gasteiger partial charge >= 0.3 is 0 Å². The molecule has 7 nitrogen and oxygen atoms in total. The van der Waals surface area contributed by atoms with Gasteiger partial charge in [0.1, 0.15) is 5.65 Å². The summed E-state index contributed by atoms with van der Waals surface area (Å²) >= 11 is 0. The van der Waals surface area contributed by atoms with Crippen LogP contribution in [-0.2, 0) is 13.5 Å². The van der Waals surface area contributed by atoms with Crippen LogP contribution in [0.5, 0.6) is 5.75 Å². The van der Waals surface area contributed by atoms with Gasteiger partial charge in [-0.3, -0.25) is 9.59 Å². The maximum atomic E-state index is 12.7. The molecule has 3 aromatic rings. The second-order valence-corrected chi connectivity index (χ2v) is 7.29. The normalized spacial score (nSPS) is 11.0. The van der Waals surface area contributed by atoms with Gasteiger partial charge < -0.3 is 19.9 Å². The van der Waals surface area contributed by atoms with Gasteiger partial charge in [-0.1, -0.05) is 25.1 Å². The Kier molecular flexibility index (Phi) is 6.40. The van der Waals surface area contributed by atoms with Crippen LogP contribution in [0.3, 0.4) is 0 Å². The molecule has 0 fully saturated rings. The molecular weight excluding hydrogens is 380 g/mol. The minimum atomic E-state index is -0.221. The maximum absolute atomic E-state index is 12.7. The van der Waals surface area contributed by atoms with Crippen molar-refractivity contribution in [3.8, 4) is 5.75 Å². The van der Waals surface area contributed by atoms with Gasteiger partial charge in [0, 0.05) is 19.2 Å². The summed E-state index contributed by atoms with van der Waals surface area (Å²) in [7, 11) is 1.80. The van der Waals surface area contributed by atoms with E-state index in [-0.39, 0.29) is 17.9 Å². The molecule has 158 valence electrons. The molecule has 0 unspecified atom stereocenters. The lowest BCUT2D eigenvalue weighted by atomic mass is 10.1. The molecule has 0 saturated heterocycles. The first-order valence-corrected chi connectivity index (χ1v) is 10.2. The summed E-state index contributed by atoms with van der Waals surface area (Å²) in [5.74, 6) is 0.0399. The van der Waals surface area contributed by atoms with Crippen molar-refractivity contribution in [3.63, 3.8) is 0 Å². The molecule has 3 rings (SSSR count). The second kappa shape index (κ2) is 8.98. The average molecular weight is 409 g/mol. The smallest absolute Gasteiger partial charge is 0.271 e. The molecule has 2 N–H and O–H groups in total. The third-order valence-electron chi connectivity index (χ3n) is 4.72. The first-order chi connectivity index (χ1) is 14.4. The number of nitrogens with one attached hydrogen (secondary N) is 2. The second-order valence-electron chi connectivity index (χ2n) is 7.29. The van der Waals surface area contributed by atoms with E-state index in [0.29, 0.717) is 46.7 Å². The van der Waals surface area contributed by atoms with Crippen LogP contribution in [-0.4, -0.2) is 34.0 Å². The van der Waals surface area contributed by atoms with Gasteiger partial charge in [-0.25, -0.2) is 4.98 Å². The van der Waals surface area contributed by atoms with Crippen LogP contribution in [0.2, 0.25) is 0 Å². The number of amides is 2. The Balaban J connectivity index is 2.15. The molecular formula is C23H28N4O3. The minimum Gasteiger partial charge on any atom is -0.488 e. The monoisotopic (exact) mass is 408 g/mol. The number of benzene rings is 1. The van der Waals surface area contributed by atoms with E-state index in [1.165, 1.54) is 0 Å². The van der Waals surface area contributed by atoms with E-state index in [1.807, 2.05) is 52.0 Å². The Morgan fingerprint density at radius 1 is 1.13 bits per heavy atom. The van der Waals surface area contributed by atoms with E-state index in [9.17, 15) is 9.59 Å². The van der Waals surface area contributed by atoms with Crippen LogP contribution in [0.4, 0.5) is 5.69 Å². The molecule has 0 radical (unpaired) electrons. The van der Waals surface area contributed by atoms with Gasteiger partial charge in [0.25, 0.3) is 11.8 Å². The quantitative estimate of drug-likeness (QED) is 0.620. The highest BCUT2D eigenvalue weighted by Gasteiger charge is 2.25. The fourth-order valence-electron chi connectivity index (χ4n) is 3.37. The number of aryl methyl sites for hydroxylation is 2. The highest BCUT2D eigenvalue weighted by molar-refractivity contribution is 6.07. The lowest BCUT2D eigenvalue weighted by Crippen LogP contribution is -2.26. The van der Waals surface area contributed by atoms with E-state index in [0.717, 1.165) is 5.69 Å². The number of nitrogens with zero attached hydrogens (tertiary/aromatic N) is 2. The molecule has 0 aliphatic heterocycles. The third-order valence-corrected chi connectivity index (χ3v) is 4.72. The minimum absolute atomic E-state index is 0.128. The van der Waals surface area contributed by atoms with E-state index >= 15 is 0 Å². The van der Waals surface area contributed by atoms with Crippen molar-refractivity contribution in [1.82, 2.24) is 14.9 Å². The van der Waals surface area contributed by atoms with Crippen molar-refractivity contribution in [2.24, 2.45) is 7.05 Å². The summed E-state index contributed by atoms with van der Waals surface area (Å²) in [6.45, 7) is 8.17. The van der Waals surface area contributed by atoms with Crippen molar-refractivity contribution in [2.45, 2.75) is 40.2 Å². The predicted molar refractivity (Wildman–Crippen MR) is 118 cm³/mol. The average Bonchev–Trinajstić information content (AvgIpc) is 2.98. The number of carbonyl (C=O) groups excluding carboxylic acids is 2. The fraction of sp³-hybridized carbons (Fsp3) is 0.348. The van der Waals surface area contributed by atoms with Gasteiger partial charge in [0.2, 0.25) is 0 Å². The Bertz CT molecular complexity index is 1070. The van der Waals surface area contributed by atoms with Gasteiger partial charge in [0.15, 0.2) is 11.4 Å². The van der Waals surface area contributed by atoms with Gasteiger partial charge in [-0.15, -0.1) is 0 Å². The van der Waals surface area contributed by atoms with Gasteiger partial charge in [-0.05, 0) is 45.4 Å². The van der Waals surface area contributed by atoms with Crippen LogP contribution in [0.25, 0.3) is 11.0 Å². The van der Waals surface area contributed by atoms with E-state index < -0.39 is 0 Å². The molecule has 0 saturated carbocycles. The van der Waals surface area contributed by atoms with Gasteiger partial charge in [-0.2, -0.15) is 0 Å². The van der Waals surface area contributed by atoms with Crippen LogP contribution >= 0.6 is 0 Å². The molecule has 0 aliphatic carbocycles. The van der Waals surface area contributed by atoms with Crippen molar-refractivity contribution in [1.29, 1.82) is 0 Å².